The molecule has 5 heteroatoms. The van der Waals surface area contributed by atoms with E-state index in [0.717, 1.165) is 49.5 Å². The lowest BCUT2D eigenvalue weighted by molar-refractivity contribution is 0.0985. The van der Waals surface area contributed by atoms with E-state index in [1.807, 2.05) is 30.3 Å². The number of carbonyl (C=O) groups excluding carboxylic acids is 1. The third-order valence-electron chi connectivity index (χ3n) is 4.91. The number of unbranched alkanes of at least 4 members (excludes halogenated alkanes) is 2. The van der Waals surface area contributed by atoms with Crippen molar-refractivity contribution in [2.75, 3.05) is 37.7 Å². The smallest absolute Gasteiger partial charge is 0.409 e. The summed E-state index contributed by atoms with van der Waals surface area (Å²) in [7, 11) is 0. The first kappa shape index (κ1) is 19.6. The topological polar surface area (TPSA) is 32.8 Å². The molecule has 27 heavy (non-hydrogen) atoms. The van der Waals surface area contributed by atoms with E-state index in [9.17, 15) is 4.79 Å². The highest BCUT2D eigenvalue weighted by Gasteiger charge is 2.23. The lowest BCUT2D eigenvalue weighted by atomic mass is 10.1. The van der Waals surface area contributed by atoms with Gasteiger partial charge in [0.25, 0.3) is 0 Å². The van der Waals surface area contributed by atoms with Crippen LogP contribution in [0.5, 0.6) is 0 Å². The van der Waals surface area contributed by atoms with Crippen molar-refractivity contribution < 1.29 is 9.53 Å². The average molecular weight is 387 g/mol. The van der Waals surface area contributed by atoms with Gasteiger partial charge in [0.05, 0.1) is 17.3 Å². The number of nitrogens with zero attached hydrogens (tertiary/aromatic N) is 2. The summed E-state index contributed by atoms with van der Waals surface area (Å²) in [6, 6.07) is 18.3. The maximum Gasteiger partial charge on any atom is 0.409 e. The van der Waals surface area contributed by atoms with Gasteiger partial charge in [0.2, 0.25) is 0 Å². The molecule has 1 aliphatic rings. The van der Waals surface area contributed by atoms with E-state index >= 15 is 0 Å². The summed E-state index contributed by atoms with van der Waals surface area (Å²) in [6.07, 6.45) is 3.99. The maximum atomic E-state index is 12.2. The number of aryl methyl sites for hydroxylation is 1. The predicted molar refractivity (Wildman–Crippen MR) is 111 cm³/mol. The molecule has 2 aromatic rings. The van der Waals surface area contributed by atoms with Crippen molar-refractivity contribution in [3.8, 4) is 0 Å². The Balaban J connectivity index is 1.30. The summed E-state index contributed by atoms with van der Waals surface area (Å²) in [5.74, 6) is 0. The van der Waals surface area contributed by atoms with Gasteiger partial charge < -0.3 is 14.5 Å². The first-order chi connectivity index (χ1) is 13.2. The number of carbonyl (C=O) groups is 1. The number of anilines is 1. The molecule has 1 fully saturated rings. The van der Waals surface area contributed by atoms with Crippen LogP contribution < -0.4 is 4.90 Å². The molecular weight excluding hydrogens is 360 g/mol. The quantitative estimate of drug-likeness (QED) is 0.627. The minimum atomic E-state index is -0.197. The van der Waals surface area contributed by atoms with E-state index in [1.165, 1.54) is 5.56 Å². The first-order valence-corrected chi connectivity index (χ1v) is 10.1. The van der Waals surface area contributed by atoms with Gasteiger partial charge in [-0.3, -0.25) is 0 Å². The second-order valence-electron chi connectivity index (χ2n) is 6.84. The third kappa shape index (κ3) is 5.90. The maximum absolute atomic E-state index is 12.2. The Bertz CT molecular complexity index is 715. The monoisotopic (exact) mass is 386 g/mol. The zero-order valence-corrected chi connectivity index (χ0v) is 16.4. The van der Waals surface area contributed by atoms with Gasteiger partial charge in [-0.15, -0.1) is 0 Å². The lowest BCUT2D eigenvalue weighted by Gasteiger charge is -2.35. The van der Waals surface area contributed by atoms with E-state index in [2.05, 4.69) is 29.2 Å². The minimum Gasteiger partial charge on any atom is -0.449 e. The van der Waals surface area contributed by atoms with Crippen molar-refractivity contribution in [1.29, 1.82) is 0 Å². The zero-order chi connectivity index (χ0) is 18.9. The molecule has 0 aromatic heterocycles. The fraction of sp³-hybridized carbons (Fsp3) is 0.409. The highest BCUT2D eigenvalue weighted by atomic mass is 35.5. The van der Waals surface area contributed by atoms with Gasteiger partial charge in [-0.1, -0.05) is 54.1 Å². The molecule has 1 heterocycles. The molecular formula is C22H27ClN2O2. The Labute approximate surface area is 166 Å². The van der Waals surface area contributed by atoms with Crippen molar-refractivity contribution in [3.63, 3.8) is 0 Å². The molecule has 0 radical (unpaired) electrons. The van der Waals surface area contributed by atoms with Crippen LogP contribution in [0.2, 0.25) is 5.02 Å². The second kappa shape index (κ2) is 10.2. The number of piperazine rings is 1. The largest absolute Gasteiger partial charge is 0.449 e. The number of halogens is 1. The van der Waals surface area contributed by atoms with Crippen molar-refractivity contribution in [1.82, 2.24) is 4.90 Å². The number of para-hydroxylation sites is 1. The molecule has 144 valence electrons. The number of benzene rings is 2. The summed E-state index contributed by atoms with van der Waals surface area (Å²) in [5, 5.41) is 0.754. The Kier molecular flexibility index (Phi) is 7.40. The summed E-state index contributed by atoms with van der Waals surface area (Å²) in [6.45, 7) is 3.38. The summed E-state index contributed by atoms with van der Waals surface area (Å²) < 4.78 is 5.44. The highest BCUT2D eigenvalue weighted by molar-refractivity contribution is 6.33. The number of rotatable bonds is 7. The fourth-order valence-electron chi connectivity index (χ4n) is 3.34. The highest BCUT2D eigenvalue weighted by Crippen LogP contribution is 2.26. The molecule has 3 rings (SSSR count). The van der Waals surface area contributed by atoms with E-state index in [4.69, 9.17) is 16.3 Å². The van der Waals surface area contributed by atoms with Crippen molar-refractivity contribution in [2.45, 2.75) is 25.7 Å². The lowest BCUT2D eigenvalue weighted by Crippen LogP contribution is -2.49. The van der Waals surface area contributed by atoms with Crippen LogP contribution in [0.15, 0.2) is 54.6 Å². The molecule has 0 unspecified atom stereocenters. The molecule has 1 aliphatic heterocycles. The van der Waals surface area contributed by atoms with Gasteiger partial charge in [0.1, 0.15) is 0 Å². The molecule has 0 spiro atoms. The summed E-state index contributed by atoms with van der Waals surface area (Å²) >= 11 is 6.26. The van der Waals surface area contributed by atoms with Gasteiger partial charge in [-0.2, -0.15) is 0 Å². The minimum absolute atomic E-state index is 0.197. The normalized spacial score (nSPS) is 14.3. The van der Waals surface area contributed by atoms with E-state index in [0.29, 0.717) is 19.7 Å². The third-order valence-corrected chi connectivity index (χ3v) is 5.23. The van der Waals surface area contributed by atoms with Crippen molar-refractivity contribution in [2.24, 2.45) is 0 Å². The SMILES string of the molecule is O=C(OCCCCCc1ccccc1)N1CCN(c2ccccc2Cl)CC1. The Morgan fingerprint density at radius 2 is 1.59 bits per heavy atom. The molecule has 0 aliphatic carbocycles. The standard InChI is InChI=1S/C22H27ClN2O2/c23-20-12-6-7-13-21(20)24-14-16-25(17-15-24)22(26)27-18-8-2-5-11-19-9-3-1-4-10-19/h1,3-4,6-7,9-10,12-13H,2,5,8,11,14-18H2. The van der Waals surface area contributed by atoms with Crippen LogP contribution in [-0.2, 0) is 11.2 Å². The van der Waals surface area contributed by atoms with Crippen molar-refractivity contribution >= 4 is 23.4 Å². The molecule has 0 bridgehead atoms. The zero-order valence-electron chi connectivity index (χ0n) is 15.6. The Hall–Kier alpha value is -2.20. The summed E-state index contributed by atoms with van der Waals surface area (Å²) in [5.41, 5.74) is 2.40. The fourth-order valence-corrected chi connectivity index (χ4v) is 3.60. The predicted octanol–water partition coefficient (Wildman–Crippen LogP) is 5.01. The van der Waals surface area contributed by atoms with Gasteiger partial charge in [-0.05, 0) is 43.4 Å². The van der Waals surface area contributed by atoms with Crippen LogP contribution in [0.4, 0.5) is 10.5 Å². The average Bonchev–Trinajstić information content (AvgIpc) is 2.72. The molecule has 0 N–H and O–H groups in total. The van der Waals surface area contributed by atoms with Gasteiger partial charge in [0, 0.05) is 26.2 Å². The van der Waals surface area contributed by atoms with E-state index in [1.54, 1.807) is 4.90 Å². The van der Waals surface area contributed by atoms with Crippen molar-refractivity contribution in [3.05, 3.63) is 65.2 Å². The number of hydrogen-bond acceptors (Lipinski definition) is 3. The van der Waals surface area contributed by atoms with Crippen LogP contribution in [0.25, 0.3) is 0 Å². The van der Waals surface area contributed by atoms with Crippen LogP contribution in [0, 0.1) is 0 Å². The number of ether oxygens (including phenoxy) is 1. The van der Waals surface area contributed by atoms with E-state index < -0.39 is 0 Å². The van der Waals surface area contributed by atoms with Gasteiger partial charge in [-0.25, -0.2) is 4.79 Å². The van der Waals surface area contributed by atoms with E-state index in [-0.39, 0.29) is 6.09 Å². The molecule has 1 saturated heterocycles. The molecule has 0 saturated carbocycles. The van der Waals surface area contributed by atoms with Crippen LogP contribution >= 0.6 is 11.6 Å². The van der Waals surface area contributed by atoms with Gasteiger partial charge in [0.15, 0.2) is 0 Å². The number of hydrogen-bond donors (Lipinski definition) is 0. The summed E-state index contributed by atoms with van der Waals surface area (Å²) in [4.78, 5) is 16.2. The molecule has 1 amide bonds. The molecule has 2 aromatic carbocycles. The van der Waals surface area contributed by atoms with Crippen LogP contribution in [-0.4, -0.2) is 43.8 Å². The Morgan fingerprint density at radius 3 is 2.33 bits per heavy atom. The number of amides is 1. The Morgan fingerprint density at radius 1 is 0.889 bits per heavy atom. The van der Waals surface area contributed by atoms with Gasteiger partial charge >= 0.3 is 6.09 Å². The molecule has 4 nitrogen and oxygen atoms in total. The van der Waals surface area contributed by atoms with Crippen LogP contribution in [0.3, 0.4) is 0 Å². The first-order valence-electron chi connectivity index (χ1n) is 9.69. The second-order valence-corrected chi connectivity index (χ2v) is 7.24. The van der Waals surface area contributed by atoms with Crippen LogP contribution in [0.1, 0.15) is 24.8 Å². The molecule has 0 atom stereocenters.